The molecule has 35 heavy (non-hydrogen) atoms. The third kappa shape index (κ3) is 11.4. The van der Waals surface area contributed by atoms with Crippen molar-refractivity contribution in [2.24, 2.45) is 0 Å². The van der Waals surface area contributed by atoms with E-state index in [1.54, 1.807) is 18.2 Å². The zero-order valence-corrected chi connectivity index (χ0v) is 22.4. The number of nitro benzene ring substituents is 1. The van der Waals surface area contributed by atoms with Crippen LogP contribution in [-0.2, 0) is 4.43 Å². The lowest BCUT2D eigenvalue weighted by atomic mass is 10.00. The van der Waals surface area contributed by atoms with Gasteiger partial charge in [0.2, 0.25) is 10.5 Å². The Hall–Kier alpha value is -2.18. The fourth-order valence-corrected chi connectivity index (χ4v) is 4.68. The van der Waals surface area contributed by atoms with Crippen molar-refractivity contribution in [3.05, 3.63) is 69.8 Å². The van der Waals surface area contributed by atoms with Crippen LogP contribution in [0.15, 0.2) is 48.5 Å². The van der Waals surface area contributed by atoms with Gasteiger partial charge in [0.1, 0.15) is 11.9 Å². The van der Waals surface area contributed by atoms with Crippen molar-refractivity contribution in [1.82, 2.24) is 0 Å². The molecule has 0 saturated carbocycles. The van der Waals surface area contributed by atoms with Crippen molar-refractivity contribution in [2.45, 2.75) is 103 Å². The molecular formula is C29H42NO4Si. The molecule has 0 aromatic heterocycles. The minimum Gasteiger partial charge on any atom is -0.494 e. The summed E-state index contributed by atoms with van der Waals surface area (Å²) in [5.41, 5.74) is 1.36. The summed E-state index contributed by atoms with van der Waals surface area (Å²) in [5, 5.41) is 11.4. The van der Waals surface area contributed by atoms with Gasteiger partial charge >= 0.3 is 0 Å². The summed E-state index contributed by atoms with van der Waals surface area (Å²) >= 11 is 0. The van der Waals surface area contributed by atoms with Crippen molar-refractivity contribution in [3.63, 3.8) is 0 Å². The van der Waals surface area contributed by atoms with Gasteiger partial charge in [0.15, 0.2) is 0 Å². The van der Waals surface area contributed by atoms with E-state index in [2.05, 4.69) is 17.4 Å². The lowest BCUT2D eigenvalue weighted by molar-refractivity contribution is -0.386. The van der Waals surface area contributed by atoms with Crippen LogP contribution in [0.25, 0.3) is 0 Å². The summed E-state index contributed by atoms with van der Waals surface area (Å²) < 4.78 is 11.3. The molecule has 1 unspecified atom stereocenters. The summed E-state index contributed by atoms with van der Waals surface area (Å²) in [6, 6.07) is 14.2. The monoisotopic (exact) mass is 496 g/mol. The number of rotatable bonds is 20. The van der Waals surface area contributed by atoms with Gasteiger partial charge in [-0.2, -0.15) is 0 Å². The Bertz CT molecular complexity index is 828. The van der Waals surface area contributed by atoms with Gasteiger partial charge in [0.25, 0.3) is 5.69 Å². The van der Waals surface area contributed by atoms with E-state index in [0.717, 1.165) is 17.7 Å². The molecule has 0 aliphatic rings. The second-order valence-corrected chi connectivity index (χ2v) is 9.56. The van der Waals surface area contributed by atoms with Crippen LogP contribution in [0.5, 0.6) is 5.75 Å². The molecule has 3 radical (unpaired) electrons. The minimum atomic E-state index is -0.576. The molecule has 0 fully saturated rings. The first-order chi connectivity index (χ1) is 17.2. The van der Waals surface area contributed by atoms with Gasteiger partial charge in [-0.05, 0) is 30.2 Å². The number of unbranched alkanes of at least 4 members (excludes halogenated alkanes) is 13. The predicted molar refractivity (Wildman–Crippen MR) is 144 cm³/mol. The van der Waals surface area contributed by atoms with E-state index in [1.807, 2.05) is 24.3 Å². The average molecular weight is 497 g/mol. The highest BCUT2D eigenvalue weighted by molar-refractivity contribution is 5.98. The molecule has 0 saturated heterocycles. The van der Waals surface area contributed by atoms with Crippen LogP contribution in [0, 0.1) is 10.1 Å². The van der Waals surface area contributed by atoms with Crippen molar-refractivity contribution in [3.8, 4) is 5.75 Å². The largest absolute Gasteiger partial charge is 0.494 e. The molecule has 6 heteroatoms. The minimum absolute atomic E-state index is 0.0360. The second-order valence-electron chi connectivity index (χ2n) is 9.33. The Morgan fingerprint density at radius 1 is 0.771 bits per heavy atom. The van der Waals surface area contributed by atoms with Crippen molar-refractivity contribution in [1.29, 1.82) is 0 Å². The quantitative estimate of drug-likeness (QED) is 0.0796. The number of hydrogen-bond donors (Lipinski definition) is 0. The molecule has 191 valence electrons. The third-order valence-corrected chi connectivity index (χ3v) is 6.72. The average Bonchev–Trinajstić information content (AvgIpc) is 2.88. The second kappa shape index (κ2) is 18.1. The van der Waals surface area contributed by atoms with E-state index in [1.165, 1.54) is 89.5 Å². The van der Waals surface area contributed by atoms with E-state index in [9.17, 15) is 10.1 Å². The molecule has 5 nitrogen and oxygen atoms in total. The number of para-hydroxylation sites is 1. The number of nitrogens with zero attached hydrogens (tertiary/aromatic N) is 1. The van der Waals surface area contributed by atoms with Crippen LogP contribution >= 0.6 is 0 Å². The normalized spacial score (nSPS) is 11.9. The highest BCUT2D eigenvalue weighted by Crippen LogP contribution is 2.32. The van der Waals surface area contributed by atoms with Crippen LogP contribution < -0.4 is 4.74 Å². The van der Waals surface area contributed by atoms with Crippen molar-refractivity contribution in [2.75, 3.05) is 6.61 Å². The molecule has 0 N–H and O–H groups in total. The Morgan fingerprint density at radius 2 is 1.29 bits per heavy atom. The number of ether oxygens (including phenoxy) is 1. The van der Waals surface area contributed by atoms with Gasteiger partial charge in [0, 0.05) is 6.07 Å². The van der Waals surface area contributed by atoms with Gasteiger partial charge in [-0.1, -0.05) is 115 Å². The summed E-state index contributed by atoms with van der Waals surface area (Å²) in [4.78, 5) is 11.0. The summed E-state index contributed by atoms with van der Waals surface area (Å²) in [6.45, 7) is 2.98. The van der Waals surface area contributed by atoms with Crippen LogP contribution in [0.1, 0.15) is 114 Å². The molecule has 0 amide bonds. The molecule has 2 aromatic carbocycles. The molecule has 2 aromatic rings. The highest BCUT2D eigenvalue weighted by atomic mass is 28.2. The van der Waals surface area contributed by atoms with E-state index < -0.39 is 6.10 Å². The first kappa shape index (κ1) is 29.0. The molecule has 2 rings (SSSR count). The highest BCUT2D eigenvalue weighted by Gasteiger charge is 2.22. The fraction of sp³-hybridized carbons (Fsp3) is 0.586. The Kier molecular flexibility index (Phi) is 15.1. The van der Waals surface area contributed by atoms with Gasteiger partial charge < -0.3 is 9.16 Å². The molecule has 0 heterocycles. The third-order valence-electron chi connectivity index (χ3n) is 6.48. The molecule has 0 aliphatic carbocycles. The van der Waals surface area contributed by atoms with Gasteiger partial charge in [-0.15, -0.1) is 0 Å². The van der Waals surface area contributed by atoms with Crippen LogP contribution in [-0.4, -0.2) is 22.0 Å². The molecule has 0 spiro atoms. The topological polar surface area (TPSA) is 61.6 Å². The van der Waals surface area contributed by atoms with Gasteiger partial charge in [-0.3, -0.25) is 10.1 Å². The van der Waals surface area contributed by atoms with E-state index >= 15 is 0 Å². The van der Waals surface area contributed by atoms with Gasteiger partial charge in [0.05, 0.1) is 17.1 Å². The Morgan fingerprint density at radius 3 is 1.80 bits per heavy atom. The summed E-state index contributed by atoms with van der Waals surface area (Å²) in [7, 11) is 3.09. The predicted octanol–water partition coefficient (Wildman–Crippen LogP) is 8.64. The summed E-state index contributed by atoms with van der Waals surface area (Å²) in [5.74, 6) is 0.804. The maximum Gasteiger partial charge on any atom is 0.275 e. The lowest BCUT2D eigenvalue weighted by Crippen LogP contribution is -2.07. The van der Waals surface area contributed by atoms with Crippen LogP contribution in [0.3, 0.4) is 0 Å². The molecular weight excluding hydrogens is 454 g/mol. The lowest BCUT2D eigenvalue weighted by Gasteiger charge is -2.17. The maximum atomic E-state index is 11.4. The molecule has 0 bridgehead atoms. The SMILES string of the molecule is CCCCCCCCCCCCCCCCOc1ccc(C(O[Si])c2ccccc2[N+](=O)[O-])cc1. The zero-order chi connectivity index (χ0) is 25.1. The van der Waals surface area contributed by atoms with E-state index in [4.69, 9.17) is 9.16 Å². The Balaban J connectivity index is 1.57. The van der Waals surface area contributed by atoms with Crippen molar-refractivity contribution < 1.29 is 14.1 Å². The smallest absolute Gasteiger partial charge is 0.275 e. The van der Waals surface area contributed by atoms with E-state index in [0.29, 0.717) is 12.2 Å². The zero-order valence-electron chi connectivity index (χ0n) is 21.4. The number of nitro groups is 1. The molecule has 1 atom stereocenters. The Labute approximate surface area is 215 Å². The standard InChI is InChI=1S/C29H42NO4Si/c1-2-3-4-5-6-7-8-9-10-11-12-13-14-17-24-33-26-22-20-25(21-23-26)29(34-35)27-18-15-16-19-28(27)30(31)32/h15-16,18-23,29H,2-14,17,24H2,1H3. The first-order valence-corrected chi connectivity index (χ1v) is 13.9. The van der Waals surface area contributed by atoms with Crippen molar-refractivity contribution >= 4 is 16.2 Å². The van der Waals surface area contributed by atoms with Gasteiger partial charge in [-0.25, -0.2) is 0 Å². The van der Waals surface area contributed by atoms with E-state index in [-0.39, 0.29) is 10.6 Å². The van der Waals surface area contributed by atoms with Crippen LogP contribution in [0.2, 0.25) is 0 Å². The number of benzene rings is 2. The summed E-state index contributed by atoms with van der Waals surface area (Å²) in [6.07, 6.45) is 18.2. The molecule has 0 aliphatic heterocycles. The number of hydrogen-bond acceptors (Lipinski definition) is 4. The first-order valence-electron chi connectivity index (χ1n) is 13.5. The maximum absolute atomic E-state index is 11.4. The van der Waals surface area contributed by atoms with Crippen LogP contribution in [0.4, 0.5) is 5.69 Å². The fourth-order valence-electron chi connectivity index (χ4n) is 4.41.